The van der Waals surface area contributed by atoms with Crippen LogP contribution in [-0.4, -0.2) is 33.4 Å². The Labute approximate surface area is 170 Å². The molecule has 0 bridgehead atoms. The summed E-state index contributed by atoms with van der Waals surface area (Å²) in [4.78, 5) is 19.0. The summed E-state index contributed by atoms with van der Waals surface area (Å²) >= 11 is 6.20. The Bertz CT molecular complexity index is 961. The monoisotopic (exact) mass is 396 g/mol. The first kappa shape index (κ1) is 19.0. The summed E-state index contributed by atoms with van der Waals surface area (Å²) < 4.78 is 2.15. The van der Waals surface area contributed by atoms with Crippen molar-refractivity contribution in [1.82, 2.24) is 19.8 Å². The van der Waals surface area contributed by atoms with Crippen LogP contribution >= 0.6 is 11.6 Å². The first-order valence-electron chi connectivity index (χ1n) is 9.72. The number of rotatable bonds is 5. The van der Waals surface area contributed by atoms with Crippen LogP contribution in [0.3, 0.4) is 0 Å². The quantitative estimate of drug-likeness (QED) is 0.714. The van der Waals surface area contributed by atoms with E-state index in [1.165, 1.54) is 16.5 Å². The van der Waals surface area contributed by atoms with Gasteiger partial charge in [-0.2, -0.15) is 0 Å². The maximum atomic E-state index is 12.5. The van der Waals surface area contributed by atoms with Crippen molar-refractivity contribution in [3.8, 4) is 0 Å². The van der Waals surface area contributed by atoms with E-state index < -0.39 is 0 Å². The molecule has 1 aliphatic rings. The average Bonchev–Trinajstić information content (AvgIpc) is 3.02. The number of fused-ring (bicyclic) bond motifs is 1. The molecule has 1 fully saturated rings. The molecule has 1 aromatic carbocycles. The molecule has 1 amide bonds. The standard InChI is InChI=1S/C22H25ClN4O/c1-26-14-18(20-11-19(23)4-5-21(20)26)15-27-9-6-17(7-10-27)22(28)25-13-16-3-2-8-24-12-16/h2-5,8,11-12,14,17H,6-7,9-10,13,15H2,1H3,(H,25,28). The molecule has 1 N–H and O–H groups in total. The van der Waals surface area contributed by atoms with Gasteiger partial charge in [0, 0.05) is 60.6 Å². The molecule has 146 valence electrons. The molecule has 0 unspecified atom stereocenters. The summed E-state index contributed by atoms with van der Waals surface area (Å²) in [6.07, 6.45) is 7.51. The van der Waals surface area contributed by atoms with Crippen LogP contribution in [0, 0.1) is 5.92 Å². The van der Waals surface area contributed by atoms with E-state index in [0.29, 0.717) is 6.54 Å². The Hall–Kier alpha value is -2.37. The molecule has 0 aliphatic carbocycles. The van der Waals surface area contributed by atoms with Crippen LogP contribution in [0.15, 0.2) is 48.9 Å². The van der Waals surface area contributed by atoms with E-state index in [1.54, 1.807) is 12.4 Å². The predicted octanol–water partition coefficient (Wildman–Crippen LogP) is 3.76. The first-order valence-corrected chi connectivity index (χ1v) is 10.1. The molecule has 3 heterocycles. The molecule has 0 saturated carbocycles. The summed E-state index contributed by atoms with van der Waals surface area (Å²) in [7, 11) is 2.07. The smallest absolute Gasteiger partial charge is 0.223 e. The number of amides is 1. The van der Waals surface area contributed by atoms with E-state index in [-0.39, 0.29) is 11.8 Å². The van der Waals surface area contributed by atoms with Gasteiger partial charge in [-0.05, 0) is 61.3 Å². The zero-order chi connectivity index (χ0) is 19.5. The Balaban J connectivity index is 1.32. The molecule has 5 nitrogen and oxygen atoms in total. The number of halogens is 1. The highest BCUT2D eigenvalue weighted by molar-refractivity contribution is 6.31. The molecule has 1 aliphatic heterocycles. The largest absolute Gasteiger partial charge is 0.352 e. The van der Waals surface area contributed by atoms with Crippen molar-refractivity contribution in [3.05, 3.63) is 65.1 Å². The second-order valence-corrected chi connectivity index (χ2v) is 7.99. The van der Waals surface area contributed by atoms with Crippen LogP contribution in [-0.2, 0) is 24.9 Å². The molecule has 6 heteroatoms. The minimum absolute atomic E-state index is 0.0925. The number of piperidine rings is 1. The summed E-state index contributed by atoms with van der Waals surface area (Å²) in [5.41, 5.74) is 3.52. The maximum Gasteiger partial charge on any atom is 0.223 e. The number of hydrogen-bond donors (Lipinski definition) is 1. The Kier molecular flexibility index (Phi) is 5.64. The number of carbonyl (C=O) groups is 1. The Morgan fingerprint density at radius 3 is 2.86 bits per heavy atom. The predicted molar refractivity (Wildman–Crippen MR) is 112 cm³/mol. The highest BCUT2D eigenvalue weighted by Crippen LogP contribution is 2.27. The molecule has 2 aromatic heterocycles. The topological polar surface area (TPSA) is 50.2 Å². The van der Waals surface area contributed by atoms with Crippen LogP contribution < -0.4 is 5.32 Å². The number of aryl methyl sites for hydroxylation is 1. The lowest BCUT2D eigenvalue weighted by molar-refractivity contribution is -0.126. The number of nitrogens with zero attached hydrogens (tertiary/aromatic N) is 3. The number of likely N-dealkylation sites (tertiary alicyclic amines) is 1. The third-order valence-corrected chi connectivity index (χ3v) is 5.81. The van der Waals surface area contributed by atoms with Gasteiger partial charge >= 0.3 is 0 Å². The van der Waals surface area contributed by atoms with Crippen molar-refractivity contribution >= 4 is 28.4 Å². The average molecular weight is 397 g/mol. The van der Waals surface area contributed by atoms with Gasteiger partial charge in [0.25, 0.3) is 0 Å². The minimum Gasteiger partial charge on any atom is -0.352 e. The minimum atomic E-state index is 0.0925. The zero-order valence-electron chi connectivity index (χ0n) is 16.1. The maximum absolute atomic E-state index is 12.5. The van der Waals surface area contributed by atoms with Gasteiger partial charge in [0.05, 0.1) is 0 Å². The van der Waals surface area contributed by atoms with E-state index in [4.69, 9.17) is 11.6 Å². The summed E-state index contributed by atoms with van der Waals surface area (Å²) in [6, 6.07) is 9.92. The normalized spacial score (nSPS) is 15.8. The first-order chi connectivity index (χ1) is 13.6. The van der Waals surface area contributed by atoms with Gasteiger partial charge in [-0.3, -0.25) is 14.7 Å². The summed E-state index contributed by atoms with van der Waals surface area (Å²) in [5.74, 6) is 0.246. The number of nitrogens with one attached hydrogen (secondary N) is 1. The van der Waals surface area contributed by atoms with Crippen molar-refractivity contribution < 1.29 is 4.79 Å². The fourth-order valence-electron chi connectivity index (χ4n) is 4.00. The lowest BCUT2D eigenvalue weighted by Gasteiger charge is -2.31. The number of carbonyl (C=O) groups excluding carboxylic acids is 1. The highest BCUT2D eigenvalue weighted by Gasteiger charge is 2.25. The van der Waals surface area contributed by atoms with Gasteiger partial charge < -0.3 is 9.88 Å². The second-order valence-electron chi connectivity index (χ2n) is 7.56. The number of pyridine rings is 1. The van der Waals surface area contributed by atoms with Crippen LogP contribution in [0.4, 0.5) is 0 Å². The van der Waals surface area contributed by atoms with Gasteiger partial charge in [0.2, 0.25) is 5.91 Å². The van der Waals surface area contributed by atoms with Gasteiger partial charge in [0.15, 0.2) is 0 Å². The van der Waals surface area contributed by atoms with E-state index in [0.717, 1.165) is 43.1 Å². The summed E-state index contributed by atoms with van der Waals surface area (Å²) in [6.45, 7) is 3.30. The molecule has 0 radical (unpaired) electrons. The number of benzene rings is 1. The molecule has 28 heavy (non-hydrogen) atoms. The van der Waals surface area contributed by atoms with E-state index in [2.05, 4.69) is 39.1 Å². The van der Waals surface area contributed by atoms with Crippen molar-refractivity contribution in [2.75, 3.05) is 13.1 Å². The molecule has 0 atom stereocenters. The summed E-state index contributed by atoms with van der Waals surface area (Å²) in [5, 5.41) is 5.03. The Morgan fingerprint density at radius 2 is 2.11 bits per heavy atom. The number of aromatic nitrogens is 2. The fourth-order valence-corrected chi connectivity index (χ4v) is 4.17. The second kappa shape index (κ2) is 8.33. The van der Waals surface area contributed by atoms with Crippen LogP contribution in [0.5, 0.6) is 0 Å². The lowest BCUT2D eigenvalue weighted by Crippen LogP contribution is -2.40. The molecule has 0 spiro atoms. The lowest BCUT2D eigenvalue weighted by atomic mass is 9.95. The third kappa shape index (κ3) is 4.21. The van der Waals surface area contributed by atoms with Crippen LogP contribution in [0.2, 0.25) is 5.02 Å². The molecule has 4 rings (SSSR count). The van der Waals surface area contributed by atoms with Gasteiger partial charge in [-0.15, -0.1) is 0 Å². The van der Waals surface area contributed by atoms with E-state index >= 15 is 0 Å². The zero-order valence-corrected chi connectivity index (χ0v) is 16.8. The van der Waals surface area contributed by atoms with Crippen LogP contribution in [0.25, 0.3) is 10.9 Å². The highest BCUT2D eigenvalue weighted by atomic mass is 35.5. The van der Waals surface area contributed by atoms with Crippen LogP contribution in [0.1, 0.15) is 24.0 Å². The number of hydrogen-bond acceptors (Lipinski definition) is 3. The van der Waals surface area contributed by atoms with Crippen molar-refractivity contribution in [2.24, 2.45) is 13.0 Å². The molecular formula is C22H25ClN4O. The van der Waals surface area contributed by atoms with Gasteiger partial charge in [-0.1, -0.05) is 17.7 Å². The molecule has 1 saturated heterocycles. The SMILES string of the molecule is Cn1cc(CN2CCC(C(=O)NCc3cccnc3)CC2)c2cc(Cl)ccc21. The van der Waals surface area contributed by atoms with E-state index in [9.17, 15) is 4.79 Å². The van der Waals surface area contributed by atoms with Gasteiger partial charge in [-0.25, -0.2) is 0 Å². The van der Waals surface area contributed by atoms with E-state index in [1.807, 2.05) is 24.3 Å². The van der Waals surface area contributed by atoms with Crippen molar-refractivity contribution in [3.63, 3.8) is 0 Å². The fraction of sp³-hybridized carbons (Fsp3) is 0.364. The van der Waals surface area contributed by atoms with Crippen molar-refractivity contribution in [2.45, 2.75) is 25.9 Å². The molecular weight excluding hydrogens is 372 g/mol. The third-order valence-electron chi connectivity index (χ3n) is 5.58. The molecule has 3 aromatic rings. The van der Waals surface area contributed by atoms with Crippen molar-refractivity contribution in [1.29, 1.82) is 0 Å². The Morgan fingerprint density at radius 1 is 1.29 bits per heavy atom. The van der Waals surface area contributed by atoms with Gasteiger partial charge in [0.1, 0.15) is 0 Å².